The molecular formula is C20H28O3. The van der Waals surface area contributed by atoms with Gasteiger partial charge in [-0.15, -0.1) is 0 Å². The third-order valence-electron chi connectivity index (χ3n) is 5.06. The Balaban J connectivity index is 1.51. The minimum absolute atomic E-state index is 0.0503. The molecule has 1 atom stereocenters. The Morgan fingerprint density at radius 1 is 1.09 bits per heavy atom. The fourth-order valence-electron chi connectivity index (χ4n) is 3.66. The number of unbranched alkanes of at least 4 members (excludes halogenated alkanes) is 1. The molecule has 2 aliphatic rings. The molecular weight excluding hydrogens is 288 g/mol. The Morgan fingerprint density at radius 2 is 1.78 bits per heavy atom. The third-order valence-corrected chi connectivity index (χ3v) is 5.06. The maximum atomic E-state index is 12.0. The molecule has 3 heteroatoms. The van der Waals surface area contributed by atoms with E-state index < -0.39 is 5.79 Å². The van der Waals surface area contributed by atoms with E-state index in [1.807, 2.05) is 0 Å². The van der Waals surface area contributed by atoms with Crippen LogP contribution < -0.4 is 0 Å². The lowest BCUT2D eigenvalue weighted by atomic mass is 9.90. The molecule has 0 radical (unpaired) electrons. The number of benzene rings is 1. The molecule has 3 nitrogen and oxygen atoms in total. The van der Waals surface area contributed by atoms with Crippen molar-refractivity contribution >= 4 is 5.78 Å². The summed E-state index contributed by atoms with van der Waals surface area (Å²) >= 11 is 0. The smallest absolute Gasteiger partial charge is 0.178 e. The molecule has 1 saturated carbocycles. The Kier molecular flexibility index (Phi) is 4.88. The van der Waals surface area contributed by atoms with Gasteiger partial charge in [-0.3, -0.25) is 4.79 Å². The zero-order valence-electron chi connectivity index (χ0n) is 14.3. The van der Waals surface area contributed by atoms with E-state index in [1.54, 1.807) is 0 Å². The lowest BCUT2D eigenvalue weighted by Crippen LogP contribution is -2.49. The van der Waals surface area contributed by atoms with Crippen molar-refractivity contribution in [3.63, 3.8) is 0 Å². The fraction of sp³-hybridized carbons (Fsp3) is 0.650. The van der Waals surface area contributed by atoms with Gasteiger partial charge in [0.05, 0.1) is 19.6 Å². The van der Waals surface area contributed by atoms with Crippen molar-refractivity contribution in [3.05, 3.63) is 35.9 Å². The largest absolute Gasteiger partial charge is 0.348 e. The van der Waals surface area contributed by atoms with Crippen LogP contribution in [0.2, 0.25) is 0 Å². The van der Waals surface area contributed by atoms with Crippen molar-refractivity contribution in [1.82, 2.24) is 0 Å². The van der Waals surface area contributed by atoms with E-state index in [9.17, 15) is 4.79 Å². The highest BCUT2D eigenvalue weighted by Gasteiger charge is 2.52. The fourth-order valence-corrected chi connectivity index (χ4v) is 3.66. The molecule has 1 aromatic carbocycles. The molecule has 0 aromatic heterocycles. The Labute approximate surface area is 139 Å². The van der Waals surface area contributed by atoms with E-state index in [0.717, 1.165) is 25.7 Å². The van der Waals surface area contributed by atoms with Crippen LogP contribution in [0.15, 0.2) is 30.3 Å². The van der Waals surface area contributed by atoms with Gasteiger partial charge in [0, 0.05) is 17.8 Å². The number of hydrogen-bond acceptors (Lipinski definition) is 3. The highest BCUT2D eigenvalue weighted by Crippen LogP contribution is 2.45. The van der Waals surface area contributed by atoms with E-state index in [2.05, 4.69) is 44.2 Å². The summed E-state index contributed by atoms with van der Waals surface area (Å²) in [4.78, 5) is 12.0. The van der Waals surface area contributed by atoms with Gasteiger partial charge in [0.25, 0.3) is 0 Å². The van der Waals surface area contributed by atoms with Crippen LogP contribution in [0.3, 0.4) is 0 Å². The molecule has 0 N–H and O–H groups in total. The molecule has 1 aliphatic heterocycles. The third kappa shape index (κ3) is 4.02. The molecule has 0 unspecified atom stereocenters. The molecule has 1 aliphatic carbocycles. The molecule has 0 amide bonds. The number of carbonyl (C=O) groups is 1. The summed E-state index contributed by atoms with van der Waals surface area (Å²) < 4.78 is 12.2. The molecule has 126 valence electrons. The van der Waals surface area contributed by atoms with E-state index in [0.29, 0.717) is 26.1 Å². The predicted octanol–water partition coefficient (Wildman–Crippen LogP) is 4.15. The van der Waals surface area contributed by atoms with Crippen molar-refractivity contribution in [1.29, 1.82) is 0 Å². The van der Waals surface area contributed by atoms with Crippen LogP contribution in [0.25, 0.3) is 0 Å². The first-order chi connectivity index (χ1) is 11.0. The molecule has 23 heavy (non-hydrogen) atoms. The summed E-state index contributed by atoms with van der Waals surface area (Å²) in [5, 5.41) is 0. The summed E-state index contributed by atoms with van der Waals surface area (Å²) in [6.45, 7) is 5.65. The van der Waals surface area contributed by atoms with E-state index >= 15 is 0 Å². The minimum atomic E-state index is -0.626. The van der Waals surface area contributed by atoms with Crippen molar-refractivity contribution in [2.75, 3.05) is 13.2 Å². The minimum Gasteiger partial charge on any atom is -0.348 e. The summed E-state index contributed by atoms with van der Waals surface area (Å²) in [5.41, 5.74) is 1.44. The first-order valence-corrected chi connectivity index (χ1v) is 8.83. The van der Waals surface area contributed by atoms with Gasteiger partial charge < -0.3 is 9.47 Å². The quantitative estimate of drug-likeness (QED) is 0.766. The predicted molar refractivity (Wildman–Crippen MR) is 90.1 cm³/mol. The van der Waals surface area contributed by atoms with Crippen molar-refractivity contribution in [2.45, 2.75) is 58.2 Å². The van der Waals surface area contributed by atoms with Crippen molar-refractivity contribution in [3.8, 4) is 0 Å². The molecule has 0 bridgehead atoms. The van der Waals surface area contributed by atoms with Crippen LogP contribution in [0.1, 0.15) is 51.5 Å². The van der Waals surface area contributed by atoms with E-state index in [4.69, 9.17) is 9.47 Å². The van der Waals surface area contributed by atoms with Gasteiger partial charge >= 0.3 is 0 Å². The zero-order chi connectivity index (χ0) is 16.3. The summed E-state index contributed by atoms with van der Waals surface area (Å²) in [7, 11) is 0. The summed E-state index contributed by atoms with van der Waals surface area (Å²) in [6.07, 6.45) is 5.43. The normalized spacial score (nSPS) is 25.8. The van der Waals surface area contributed by atoms with E-state index in [1.165, 1.54) is 5.56 Å². The van der Waals surface area contributed by atoms with Crippen LogP contribution in [-0.2, 0) is 20.7 Å². The SMILES string of the molecule is CC1(C)COC2(CC(=O)C[C@@H]2CCCCc2ccccc2)OC1. The first kappa shape index (κ1) is 16.7. The average molecular weight is 316 g/mol. The summed E-state index contributed by atoms with van der Waals surface area (Å²) in [5.74, 6) is -0.112. The van der Waals surface area contributed by atoms with Gasteiger partial charge in [0.2, 0.25) is 0 Å². The highest BCUT2D eigenvalue weighted by molar-refractivity contribution is 5.82. The maximum Gasteiger partial charge on any atom is 0.178 e. The number of ketones is 1. The van der Waals surface area contributed by atoms with Crippen molar-refractivity contribution < 1.29 is 14.3 Å². The highest BCUT2D eigenvalue weighted by atomic mass is 16.7. The number of rotatable bonds is 5. The van der Waals surface area contributed by atoms with Gasteiger partial charge in [-0.1, -0.05) is 50.6 Å². The summed E-state index contributed by atoms with van der Waals surface area (Å²) in [6, 6.07) is 10.6. The van der Waals surface area contributed by atoms with Gasteiger partial charge in [-0.2, -0.15) is 0 Å². The number of ether oxygens (including phenoxy) is 2. The van der Waals surface area contributed by atoms with Crippen LogP contribution in [0, 0.1) is 11.3 Å². The molecule has 1 saturated heterocycles. The maximum absolute atomic E-state index is 12.0. The van der Waals surface area contributed by atoms with Crippen LogP contribution >= 0.6 is 0 Å². The van der Waals surface area contributed by atoms with Gasteiger partial charge in [-0.25, -0.2) is 0 Å². The van der Waals surface area contributed by atoms with Gasteiger partial charge in [0.1, 0.15) is 5.78 Å². The van der Waals surface area contributed by atoms with Gasteiger partial charge in [0.15, 0.2) is 5.79 Å². The number of Topliss-reactive ketones (excluding diaryl/α,β-unsaturated/α-hetero) is 1. The molecule has 2 fully saturated rings. The van der Waals surface area contributed by atoms with E-state index in [-0.39, 0.29) is 17.1 Å². The Bertz CT molecular complexity index is 525. The lowest BCUT2D eigenvalue weighted by Gasteiger charge is -2.44. The van der Waals surface area contributed by atoms with Crippen LogP contribution in [-0.4, -0.2) is 24.8 Å². The monoisotopic (exact) mass is 316 g/mol. The Morgan fingerprint density at radius 3 is 2.48 bits per heavy atom. The zero-order valence-corrected chi connectivity index (χ0v) is 14.3. The Hall–Kier alpha value is -1.19. The number of carbonyl (C=O) groups excluding carboxylic acids is 1. The molecule has 1 heterocycles. The first-order valence-electron chi connectivity index (χ1n) is 8.83. The second-order valence-electron chi connectivity index (χ2n) is 7.90. The van der Waals surface area contributed by atoms with Crippen LogP contribution in [0.5, 0.6) is 0 Å². The topological polar surface area (TPSA) is 35.5 Å². The van der Waals surface area contributed by atoms with Gasteiger partial charge in [-0.05, 0) is 24.8 Å². The number of hydrogen-bond donors (Lipinski definition) is 0. The number of aryl methyl sites for hydroxylation is 1. The molecule has 1 spiro atoms. The lowest BCUT2D eigenvalue weighted by molar-refractivity contribution is -0.313. The second-order valence-corrected chi connectivity index (χ2v) is 7.90. The molecule has 3 rings (SSSR count). The molecule has 1 aromatic rings. The average Bonchev–Trinajstić information content (AvgIpc) is 2.84. The van der Waals surface area contributed by atoms with Crippen LogP contribution in [0.4, 0.5) is 0 Å². The standard InChI is InChI=1S/C20H28O3/c1-19(2)14-22-20(23-15-19)13-18(21)12-17(20)11-7-6-10-16-8-4-3-5-9-16/h3-5,8-9,17H,6-7,10-15H2,1-2H3/t17-/m0/s1. The van der Waals surface area contributed by atoms with Crippen molar-refractivity contribution in [2.24, 2.45) is 11.3 Å². The second kappa shape index (κ2) is 6.74.